The molecule has 20 heavy (non-hydrogen) atoms. The lowest BCUT2D eigenvalue weighted by Gasteiger charge is -2.33. The van der Waals surface area contributed by atoms with Crippen LogP contribution in [-0.4, -0.2) is 28.4 Å². The number of aliphatic carboxylic acids is 1. The van der Waals surface area contributed by atoms with Gasteiger partial charge in [0, 0.05) is 17.4 Å². The Morgan fingerprint density at radius 1 is 1.45 bits per heavy atom. The number of halogens is 1. The lowest BCUT2D eigenvalue weighted by atomic mass is 9.89. The Kier molecular flexibility index (Phi) is 4.81. The van der Waals surface area contributed by atoms with E-state index in [0.29, 0.717) is 25.8 Å². The second kappa shape index (κ2) is 6.39. The van der Waals surface area contributed by atoms with Crippen molar-refractivity contribution < 1.29 is 14.7 Å². The zero-order chi connectivity index (χ0) is 14.7. The van der Waals surface area contributed by atoms with Crippen LogP contribution in [0.2, 0.25) is 0 Å². The second-order valence-corrected chi connectivity index (χ2v) is 5.84. The number of hydrogen-bond donors (Lipinski definition) is 1. The zero-order valence-corrected chi connectivity index (χ0v) is 13.0. The molecule has 2 unspecified atom stereocenters. The van der Waals surface area contributed by atoms with Crippen molar-refractivity contribution >= 4 is 27.8 Å². The molecule has 1 aromatic rings. The number of benzene rings is 1. The van der Waals surface area contributed by atoms with Crippen molar-refractivity contribution in [2.24, 2.45) is 5.92 Å². The van der Waals surface area contributed by atoms with Crippen LogP contribution in [0.3, 0.4) is 0 Å². The molecule has 0 saturated carbocycles. The van der Waals surface area contributed by atoms with Crippen LogP contribution in [-0.2, 0) is 9.59 Å². The summed E-state index contributed by atoms with van der Waals surface area (Å²) in [6.45, 7) is 2.42. The number of likely N-dealkylation sites (tertiary alicyclic amines) is 1. The SMILES string of the molecule is CCN1C(=O)CCCC(C(=O)O)C1c1ccccc1Br. The van der Waals surface area contributed by atoms with Crippen molar-refractivity contribution in [1.82, 2.24) is 4.90 Å². The molecule has 1 aromatic carbocycles. The van der Waals surface area contributed by atoms with Crippen molar-refractivity contribution in [1.29, 1.82) is 0 Å². The molecule has 0 radical (unpaired) electrons. The second-order valence-electron chi connectivity index (χ2n) is 4.98. The van der Waals surface area contributed by atoms with Gasteiger partial charge in [0.2, 0.25) is 5.91 Å². The van der Waals surface area contributed by atoms with Gasteiger partial charge < -0.3 is 10.0 Å². The van der Waals surface area contributed by atoms with Gasteiger partial charge in [-0.2, -0.15) is 0 Å². The Morgan fingerprint density at radius 2 is 2.15 bits per heavy atom. The molecule has 1 aliphatic heterocycles. The highest BCUT2D eigenvalue weighted by Gasteiger charge is 2.38. The summed E-state index contributed by atoms with van der Waals surface area (Å²) in [6.07, 6.45) is 1.59. The van der Waals surface area contributed by atoms with Crippen molar-refractivity contribution in [3.8, 4) is 0 Å². The van der Waals surface area contributed by atoms with E-state index < -0.39 is 17.9 Å². The molecule has 1 heterocycles. The fourth-order valence-electron chi connectivity index (χ4n) is 2.88. The molecule has 2 atom stereocenters. The van der Waals surface area contributed by atoms with E-state index in [1.807, 2.05) is 31.2 Å². The summed E-state index contributed by atoms with van der Waals surface area (Å²) in [5, 5.41) is 9.53. The Bertz CT molecular complexity index is 516. The number of hydrogen-bond acceptors (Lipinski definition) is 2. The molecule has 1 saturated heterocycles. The molecule has 108 valence electrons. The third kappa shape index (κ3) is 2.87. The minimum absolute atomic E-state index is 0.0389. The van der Waals surface area contributed by atoms with Crippen molar-refractivity contribution in [2.45, 2.75) is 32.2 Å². The molecule has 1 aliphatic rings. The predicted octanol–water partition coefficient (Wildman–Crippen LogP) is 3.22. The lowest BCUT2D eigenvalue weighted by Crippen LogP contribution is -2.39. The molecular weight excluding hydrogens is 322 g/mol. The number of carbonyl (C=O) groups is 2. The summed E-state index contributed by atoms with van der Waals surface area (Å²) >= 11 is 3.48. The first-order valence-electron chi connectivity index (χ1n) is 6.83. The molecule has 0 aliphatic carbocycles. The monoisotopic (exact) mass is 339 g/mol. The van der Waals surface area contributed by atoms with Gasteiger partial charge in [0.25, 0.3) is 0 Å². The first-order chi connectivity index (χ1) is 9.56. The van der Waals surface area contributed by atoms with Gasteiger partial charge in [0.15, 0.2) is 0 Å². The Labute approximate surface area is 126 Å². The number of carbonyl (C=O) groups excluding carboxylic acids is 1. The Balaban J connectivity index is 2.51. The van der Waals surface area contributed by atoms with Crippen LogP contribution in [0.5, 0.6) is 0 Å². The maximum Gasteiger partial charge on any atom is 0.308 e. The van der Waals surface area contributed by atoms with E-state index in [0.717, 1.165) is 10.0 Å². The molecule has 1 N–H and O–H groups in total. The highest BCUT2D eigenvalue weighted by molar-refractivity contribution is 9.10. The summed E-state index contributed by atoms with van der Waals surface area (Å²) in [6, 6.07) is 7.15. The van der Waals surface area contributed by atoms with Crippen LogP contribution in [0.15, 0.2) is 28.7 Å². The fourth-order valence-corrected chi connectivity index (χ4v) is 3.40. The molecule has 0 spiro atoms. The smallest absolute Gasteiger partial charge is 0.308 e. The van der Waals surface area contributed by atoms with Crippen molar-refractivity contribution in [3.05, 3.63) is 34.3 Å². The zero-order valence-electron chi connectivity index (χ0n) is 11.4. The van der Waals surface area contributed by atoms with Gasteiger partial charge in [-0.25, -0.2) is 0 Å². The van der Waals surface area contributed by atoms with Crippen molar-refractivity contribution in [3.63, 3.8) is 0 Å². The average Bonchev–Trinajstić information content (AvgIpc) is 2.58. The third-order valence-electron chi connectivity index (χ3n) is 3.82. The summed E-state index contributed by atoms with van der Waals surface area (Å²) in [7, 11) is 0. The van der Waals surface area contributed by atoms with E-state index >= 15 is 0 Å². The number of nitrogens with zero attached hydrogens (tertiary/aromatic N) is 1. The largest absolute Gasteiger partial charge is 0.481 e. The van der Waals surface area contributed by atoms with Crippen LogP contribution >= 0.6 is 15.9 Å². The van der Waals surface area contributed by atoms with Gasteiger partial charge in [-0.15, -0.1) is 0 Å². The van der Waals surface area contributed by atoms with Gasteiger partial charge >= 0.3 is 5.97 Å². The molecule has 4 nitrogen and oxygen atoms in total. The Hall–Kier alpha value is -1.36. The first-order valence-corrected chi connectivity index (χ1v) is 7.62. The fraction of sp³-hybridized carbons (Fsp3) is 0.467. The average molecular weight is 340 g/mol. The quantitative estimate of drug-likeness (QED) is 0.919. The van der Waals surface area contributed by atoms with Gasteiger partial charge in [-0.05, 0) is 31.4 Å². The predicted molar refractivity (Wildman–Crippen MR) is 79.2 cm³/mol. The van der Waals surface area contributed by atoms with E-state index in [2.05, 4.69) is 15.9 Å². The molecule has 5 heteroatoms. The van der Waals surface area contributed by atoms with Crippen LogP contribution in [0.4, 0.5) is 0 Å². The van der Waals surface area contributed by atoms with E-state index in [4.69, 9.17) is 0 Å². The van der Waals surface area contributed by atoms with Crippen LogP contribution in [0.25, 0.3) is 0 Å². The molecule has 0 aromatic heterocycles. The summed E-state index contributed by atoms with van der Waals surface area (Å²) < 4.78 is 0.851. The molecule has 2 rings (SSSR count). The molecular formula is C15H18BrNO3. The van der Waals surface area contributed by atoms with Gasteiger partial charge in [-0.3, -0.25) is 9.59 Å². The van der Waals surface area contributed by atoms with Gasteiger partial charge in [0.05, 0.1) is 12.0 Å². The topological polar surface area (TPSA) is 57.6 Å². The third-order valence-corrected chi connectivity index (χ3v) is 4.55. The van der Waals surface area contributed by atoms with E-state index in [1.54, 1.807) is 4.90 Å². The Morgan fingerprint density at radius 3 is 2.75 bits per heavy atom. The summed E-state index contributed by atoms with van der Waals surface area (Å²) in [4.78, 5) is 25.5. The first kappa shape index (κ1) is 15.0. The van der Waals surface area contributed by atoms with E-state index in [9.17, 15) is 14.7 Å². The number of carboxylic acids is 1. The molecule has 0 bridgehead atoms. The summed E-state index contributed by atoms with van der Waals surface area (Å²) in [5.41, 5.74) is 0.872. The van der Waals surface area contributed by atoms with E-state index in [1.165, 1.54) is 0 Å². The number of amides is 1. The minimum atomic E-state index is -0.834. The highest BCUT2D eigenvalue weighted by atomic mass is 79.9. The van der Waals surface area contributed by atoms with Gasteiger partial charge in [0.1, 0.15) is 0 Å². The van der Waals surface area contributed by atoms with Gasteiger partial charge in [-0.1, -0.05) is 34.1 Å². The maximum atomic E-state index is 12.2. The normalized spacial score (nSPS) is 23.5. The highest BCUT2D eigenvalue weighted by Crippen LogP contribution is 2.38. The molecule has 1 fully saturated rings. The minimum Gasteiger partial charge on any atom is -0.481 e. The standard InChI is InChI=1S/C15H18BrNO3/c1-2-17-13(18)9-5-7-11(15(19)20)14(17)10-6-3-4-8-12(10)16/h3-4,6,8,11,14H,2,5,7,9H2,1H3,(H,19,20). The van der Waals surface area contributed by atoms with Crippen LogP contribution in [0, 0.1) is 5.92 Å². The summed E-state index contributed by atoms with van der Waals surface area (Å²) in [5.74, 6) is -1.35. The lowest BCUT2D eigenvalue weighted by molar-refractivity contribution is -0.146. The maximum absolute atomic E-state index is 12.2. The van der Waals surface area contributed by atoms with Crippen LogP contribution < -0.4 is 0 Å². The molecule has 1 amide bonds. The number of carboxylic acid groups (broad SMARTS) is 1. The van der Waals surface area contributed by atoms with E-state index in [-0.39, 0.29) is 5.91 Å². The number of rotatable bonds is 3. The van der Waals surface area contributed by atoms with Crippen LogP contribution in [0.1, 0.15) is 37.8 Å². The van der Waals surface area contributed by atoms with Crippen molar-refractivity contribution in [2.75, 3.05) is 6.54 Å².